The van der Waals surface area contributed by atoms with Crippen LogP contribution in [0.25, 0.3) is 6.08 Å². The third-order valence-corrected chi connectivity index (χ3v) is 5.91. The van der Waals surface area contributed by atoms with Gasteiger partial charge in [-0.3, -0.25) is 4.79 Å². The number of rotatable bonds is 6. The molecule has 0 saturated heterocycles. The second-order valence-corrected chi connectivity index (χ2v) is 9.18. The van der Waals surface area contributed by atoms with Crippen molar-refractivity contribution in [1.82, 2.24) is 0 Å². The van der Waals surface area contributed by atoms with Crippen LogP contribution < -0.4 is 10.1 Å². The number of carbonyl (C=O) groups is 1. The fourth-order valence-corrected chi connectivity index (χ4v) is 4.70. The maximum atomic E-state index is 12.5. The number of halogens is 3. The summed E-state index contributed by atoms with van der Waals surface area (Å²) in [6, 6.07) is 20.5. The quantitative estimate of drug-likeness (QED) is 0.184. The molecule has 0 aliphatic carbocycles. The fraction of sp³-hybridized carbons (Fsp3) is 0.0833. The zero-order valence-corrected chi connectivity index (χ0v) is 21.0. The number of nitrogens with zero attached hydrogens (tertiary/aromatic N) is 1. The van der Waals surface area contributed by atoms with E-state index in [1.165, 1.54) is 5.56 Å². The molecule has 1 N–H and O–H groups in total. The predicted octanol–water partition coefficient (Wildman–Crippen LogP) is 7.14. The summed E-state index contributed by atoms with van der Waals surface area (Å²) in [5, 5.41) is 12.7. The highest BCUT2D eigenvalue weighted by Gasteiger charge is 2.13. The monoisotopic (exact) mass is 606 g/mol. The highest BCUT2D eigenvalue weighted by atomic mass is 127. The summed E-state index contributed by atoms with van der Waals surface area (Å²) in [6.07, 6.45) is 1.54. The summed E-state index contributed by atoms with van der Waals surface area (Å²) in [5.41, 5.74) is 3.52. The average Bonchev–Trinajstić information content (AvgIpc) is 2.73. The standard InChI is InChI=1S/C24H17BrClIN2O2/c1-15-3-2-4-16(9-15)14-31-23-21(25)11-17(12-22(23)27)10-18(13-28)24(30)29-20-7-5-19(26)6-8-20/h2-12H,14H2,1H3,(H,29,30)/b18-10-. The minimum atomic E-state index is -0.490. The largest absolute Gasteiger partial charge is 0.487 e. The van der Waals surface area contributed by atoms with Crippen LogP contribution in [-0.2, 0) is 11.4 Å². The van der Waals surface area contributed by atoms with Crippen LogP contribution in [0.1, 0.15) is 16.7 Å². The maximum absolute atomic E-state index is 12.5. The Hall–Kier alpha value is -2.34. The molecule has 0 aliphatic rings. The number of aryl methyl sites for hydroxylation is 1. The molecular weight excluding hydrogens is 591 g/mol. The summed E-state index contributed by atoms with van der Waals surface area (Å²) in [5.74, 6) is 0.221. The van der Waals surface area contributed by atoms with Gasteiger partial charge in [0.1, 0.15) is 24.0 Å². The van der Waals surface area contributed by atoms with Gasteiger partial charge in [-0.25, -0.2) is 0 Å². The average molecular weight is 608 g/mol. The van der Waals surface area contributed by atoms with E-state index in [0.29, 0.717) is 28.6 Å². The minimum Gasteiger partial charge on any atom is -0.487 e. The third kappa shape index (κ3) is 6.57. The Kier molecular flexibility index (Phi) is 8.13. The van der Waals surface area contributed by atoms with Crippen LogP contribution in [0.4, 0.5) is 5.69 Å². The first-order chi connectivity index (χ1) is 14.9. The highest BCUT2D eigenvalue weighted by Crippen LogP contribution is 2.33. The topological polar surface area (TPSA) is 62.1 Å². The molecule has 0 aliphatic heterocycles. The second kappa shape index (κ2) is 10.8. The van der Waals surface area contributed by atoms with Crippen molar-refractivity contribution < 1.29 is 9.53 Å². The van der Waals surface area contributed by atoms with Crippen LogP contribution in [0, 0.1) is 21.8 Å². The van der Waals surface area contributed by atoms with E-state index in [4.69, 9.17) is 16.3 Å². The van der Waals surface area contributed by atoms with Gasteiger partial charge in [-0.15, -0.1) is 0 Å². The number of anilines is 1. The van der Waals surface area contributed by atoms with E-state index in [2.05, 4.69) is 49.9 Å². The number of nitrogens with one attached hydrogen (secondary N) is 1. The van der Waals surface area contributed by atoms with Crippen molar-refractivity contribution in [2.75, 3.05) is 5.32 Å². The molecule has 0 heterocycles. The number of ether oxygens (including phenoxy) is 1. The molecule has 0 fully saturated rings. The van der Waals surface area contributed by atoms with E-state index in [9.17, 15) is 10.1 Å². The predicted molar refractivity (Wildman–Crippen MR) is 136 cm³/mol. The minimum absolute atomic E-state index is 0.00826. The van der Waals surface area contributed by atoms with Crippen LogP contribution >= 0.6 is 50.1 Å². The maximum Gasteiger partial charge on any atom is 0.266 e. The van der Waals surface area contributed by atoms with Crippen molar-refractivity contribution in [2.24, 2.45) is 0 Å². The molecule has 3 rings (SSSR count). The van der Waals surface area contributed by atoms with E-state index in [0.717, 1.165) is 13.6 Å². The fourth-order valence-electron chi connectivity index (χ4n) is 2.81. The first-order valence-electron chi connectivity index (χ1n) is 9.22. The Morgan fingerprint density at radius 2 is 1.97 bits per heavy atom. The Bertz CT molecular complexity index is 1160. The van der Waals surface area contributed by atoms with E-state index >= 15 is 0 Å². The molecule has 0 aromatic heterocycles. The lowest BCUT2D eigenvalue weighted by molar-refractivity contribution is -0.112. The molecular formula is C24H17BrClIN2O2. The van der Waals surface area contributed by atoms with Gasteiger partial charge in [-0.1, -0.05) is 41.4 Å². The molecule has 156 valence electrons. The molecule has 0 saturated carbocycles. The van der Waals surface area contributed by atoms with Crippen molar-refractivity contribution in [3.63, 3.8) is 0 Å². The number of carbonyl (C=O) groups excluding carboxylic acids is 1. The normalized spacial score (nSPS) is 11.0. The van der Waals surface area contributed by atoms with E-state index < -0.39 is 5.91 Å². The Morgan fingerprint density at radius 1 is 1.23 bits per heavy atom. The van der Waals surface area contributed by atoms with Gasteiger partial charge in [0.2, 0.25) is 0 Å². The number of hydrogen-bond donors (Lipinski definition) is 1. The van der Waals surface area contributed by atoms with Gasteiger partial charge in [0.25, 0.3) is 5.91 Å². The molecule has 0 bridgehead atoms. The highest BCUT2D eigenvalue weighted by molar-refractivity contribution is 14.1. The molecule has 0 atom stereocenters. The summed E-state index contributed by atoms with van der Waals surface area (Å²) in [6.45, 7) is 2.48. The van der Waals surface area contributed by atoms with E-state index in [1.807, 2.05) is 43.3 Å². The van der Waals surface area contributed by atoms with Crippen LogP contribution in [0.15, 0.2) is 70.7 Å². The lowest BCUT2D eigenvalue weighted by Crippen LogP contribution is -2.13. The Morgan fingerprint density at radius 3 is 2.61 bits per heavy atom. The molecule has 1 amide bonds. The number of hydrogen-bond acceptors (Lipinski definition) is 3. The van der Waals surface area contributed by atoms with Gasteiger partial charge in [0.15, 0.2) is 0 Å². The zero-order valence-electron chi connectivity index (χ0n) is 16.5. The second-order valence-electron chi connectivity index (χ2n) is 6.72. The van der Waals surface area contributed by atoms with Crippen LogP contribution in [-0.4, -0.2) is 5.91 Å². The van der Waals surface area contributed by atoms with Gasteiger partial charge in [0.05, 0.1) is 8.04 Å². The van der Waals surface area contributed by atoms with Gasteiger partial charge in [-0.2, -0.15) is 5.26 Å². The zero-order chi connectivity index (χ0) is 22.4. The molecule has 0 spiro atoms. The van der Waals surface area contributed by atoms with Crippen molar-refractivity contribution in [3.8, 4) is 11.8 Å². The Balaban J connectivity index is 1.76. The van der Waals surface area contributed by atoms with Crippen molar-refractivity contribution >= 4 is 67.8 Å². The first kappa shape index (κ1) is 23.3. The van der Waals surface area contributed by atoms with Crippen molar-refractivity contribution in [2.45, 2.75) is 13.5 Å². The van der Waals surface area contributed by atoms with E-state index in [-0.39, 0.29) is 5.57 Å². The van der Waals surface area contributed by atoms with Gasteiger partial charge in [-0.05, 0) is 99.0 Å². The van der Waals surface area contributed by atoms with E-state index in [1.54, 1.807) is 30.3 Å². The molecule has 3 aromatic carbocycles. The third-order valence-electron chi connectivity index (χ3n) is 4.26. The molecule has 4 nitrogen and oxygen atoms in total. The van der Waals surface area contributed by atoms with Crippen LogP contribution in [0.2, 0.25) is 5.02 Å². The van der Waals surface area contributed by atoms with Gasteiger partial charge in [0, 0.05) is 10.7 Å². The van der Waals surface area contributed by atoms with Gasteiger partial charge >= 0.3 is 0 Å². The molecule has 31 heavy (non-hydrogen) atoms. The molecule has 0 radical (unpaired) electrons. The SMILES string of the molecule is Cc1cccc(COc2c(Br)cc(/C=C(/C#N)C(=O)Nc3ccc(Cl)cc3)cc2I)c1. The lowest BCUT2D eigenvalue weighted by Gasteiger charge is -2.12. The molecule has 3 aromatic rings. The van der Waals surface area contributed by atoms with Crippen LogP contribution in [0.3, 0.4) is 0 Å². The molecule has 0 unspecified atom stereocenters. The smallest absolute Gasteiger partial charge is 0.266 e. The summed E-state index contributed by atoms with van der Waals surface area (Å²) in [7, 11) is 0. The molecule has 7 heteroatoms. The lowest BCUT2D eigenvalue weighted by atomic mass is 10.1. The van der Waals surface area contributed by atoms with Gasteiger partial charge < -0.3 is 10.1 Å². The summed E-state index contributed by atoms with van der Waals surface area (Å²) < 4.78 is 7.61. The van der Waals surface area contributed by atoms with Crippen LogP contribution in [0.5, 0.6) is 5.75 Å². The van der Waals surface area contributed by atoms with Crippen molar-refractivity contribution in [3.05, 3.63) is 96.0 Å². The summed E-state index contributed by atoms with van der Waals surface area (Å²) in [4.78, 5) is 12.5. The number of amides is 1. The number of nitriles is 1. The van der Waals surface area contributed by atoms with Crippen molar-refractivity contribution in [1.29, 1.82) is 5.26 Å². The number of benzene rings is 3. The first-order valence-corrected chi connectivity index (χ1v) is 11.5. The Labute approximate surface area is 208 Å². The summed E-state index contributed by atoms with van der Waals surface area (Å²) >= 11 is 11.6.